The molecule has 0 spiro atoms. The summed E-state index contributed by atoms with van der Waals surface area (Å²) in [6.45, 7) is 5.14. The predicted octanol–water partition coefficient (Wildman–Crippen LogP) is 2.18. The largest absolute Gasteiger partial charge is 0.334 e. The summed E-state index contributed by atoms with van der Waals surface area (Å²) in [7, 11) is 4.02. The van der Waals surface area contributed by atoms with Crippen LogP contribution in [0.5, 0.6) is 0 Å². The maximum absolute atomic E-state index is 11.9. The molecule has 0 aliphatic heterocycles. The Morgan fingerprint density at radius 1 is 1.42 bits per heavy atom. The smallest absolute Gasteiger partial charge is 0.319 e. The van der Waals surface area contributed by atoms with Crippen LogP contribution in [0.3, 0.4) is 0 Å². The van der Waals surface area contributed by atoms with Crippen LogP contribution in [0.1, 0.15) is 20.3 Å². The van der Waals surface area contributed by atoms with Crippen LogP contribution in [0, 0.1) is 5.92 Å². The van der Waals surface area contributed by atoms with E-state index in [2.05, 4.69) is 34.4 Å². The first-order valence-electron chi connectivity index (χ1n) is 6.59. The van der Waals surface area contributed by atoms with Gasteiger partial charge in [-0.05, 0) is 38.6 Å². The summed E-state index contributed by atoms with van der Waals surface area (Å²) in [6.07, 6.45) is 4.26. The second-order valence-corrected chi connectivity index (χ2v) is 5.43. The van der Waals surface area contributed by atoms with Crippen molar-refractivity contribution in [3.8, 4) is 0 Å². The van der Waals surface area contributed by atoms with Gasteiger partial charge in [0.25, 0.3) is 0 Å². The number of carbonyl (C=O) groups excluding carboxylic acids is 1. The molecule has 1 atom stereocenters. The van der Waals surface area contributed by atoms with Crippen molar-refractivity contribution in [3.63, 3.8) is 0 Å². The molecule has 1 heterocycles. The van der Waals surface area contributed by atoms with Gasteiger partial charge in [-0.15, -0.1) is 0 Å². The van der Waals surface area contributed by atoms with E-state index >= 15 is 0 Å². The minimum absolute atomic E-state index is 0.145. The number of carbonyl (C=O) groups is 1. The molecule has 0 radical (unpaired) electrons. The van der Waals surface area contributed by atoms with Crippen molar-refractivity contribution in [1.29, 1.82) is 0 Å². The number of pyridine rings is 1. The highest BCUT2D eigenvalue weighted by molar-refractivity contribution is 5.89. The molecule has 1 rings (SSSR count). The van der Waals surface area contributed by atoms with Gasteiger partial charge in [0, 0.05) is 18.8 Å². The molecule has 0 bridgehead atoms. The lowest BCUT2D eigenvalue weighted by Gasteiger charge is -2.24. The first-order chi connectivity index (χ1) is 8.97. The quantitative estimate of drug-likeness (QED) is 0.828. The van der Waals surface area contributed by atoms with Crippen molar-refractivity contribution in [1.82, 2.24) is 15.2 Å². The summed E-state index contributed by atoms with van der Waals surface area (Å²) < 4.78 is 0. The third kappa shape index (κ3) is 6.76. The molecule has 5 heteroatoms. The topological polar surface area (TPSA) is 57.3 Å². The lowest BCUT2D eigenvalue weighted by atomic mass is 10.0. The van der Waals surface area contributed by atoms with Gasteiger partial charge in [0.1, 0.15) is 0 Å². The summed E-state index contributed by atoms with van der Waals surface area (Å²) in [5, 5.41) is 5.80. The van der Waals surface area contributed by atoms with Crippen molar-refractivity contribution < 1.29 is 4.79 Å². The molecule has 2 amide bonds. The minimum atomic E-state index is -0.180. The zero-order valence-electron chi connectivity index (χ0n) is 12.2. The third-order valence-electron chi connectivity index (χ3n) is 2.60. The van der Waals surface area contributed by atoms with Crippen molar-refractivity contribution in [2.24, 2.45) is 5.92 Å². The number of amides is 2. The first-order valence-corrected chi connectivity index (χ1v) is 6.59. The van der Waals surface area contributed by atoms with E-state index in [1.807, 2.05) is 20.2 Å². The molecule has 5 nitrogen and oxygen atoms in total. The molecule has 0 aromatic carbocycles. The van der Waals surface area contributed by atoms with Gasteiger partial charge in [-0.25, -0.2) is 4.79 Å². The fourth-order valence-electron chi connectivity index (χ4n) is 1.98. The van der Waals surface area contributed by atoms with E-state index in [-0.39, 0.29) is 12.1 Å². The van der Waals surface area contributed by atoms with Crippen LogP contribution in [0.25, 0.3) is 0 Å². The van der Waals surface area contributed by atoms with Crippen molar-refractivity contribution in [2.75, 3.05) is 26.0 Å². The molecular weight excluding hydrogens is 240 g/mol. The zero-order chi connectivity index (χ0) is 14.3. The highest BCUT2D eigenvalue weighted by Gasteiger charge is 2.14. The first kappa shape index (κ1) is 15.4. The molecule has 1 aromatic rings. The summed E-state index contributed by atoms with van der Waals surface area (Å²) in [4.78, 5) is 18.0. The van der Waals surface area contributed by atoms with Gasteiger partial charge in [-0.1, -0.05) is 13.8 Å². The molecule has 0 saturated heterocycles. The second-order valence-electron chi connectivity index (χ2n) is 5.43. The van der Waals surface area contributed by atoms with Gasteiger partial charge in [0.05, 0.1) is 11.9 Å². The minimum Gasteiger partial charge on any atom is -0.334 e. The molecule has 0 fully saturated rings. The van der Waals surface area contributed by atoms with Crippen molar-refractivity contribution in [3.05, 3.63) is 24.5 Å². The number of urea groups is 1. The fourth-order valence-corrected chi connectivity index (χ4v) is 1.98. The van der Waals surface area contributed by atoms with Gasteiger partial charge in [0.15, 0.2) is 0 Å². The molecule has 0 saturated carbocycles. The van der Waals surface area contributed by atoms with E-state index in [1.165, 1.54) is 0 Å². The van der Waals surface area contributed by atoms with E-state index in [1.54, 1.807) is 18.5 Å². The number of hydrogen-bond acceptors (Lipinski definition) is 3. The van der Waals surface area contributed by atoms with E-state index in [9.17, 15) is 4.79 Å². The van der Waals surface area contributed by atoms with E-state index in [0.717, 1.165) is 13.0 Å². The van der Waals surface area contributed by atoms with Gasteiger partial charge in [-0.3, -0.25) is 4.98 Å². The Hall–Kier alpha value is -1.62. The Morgan fingerprint density at radius 2 is 2.16 bits per heavy atom. The Bertz CT molecular complexity index is 368. The molecule has 0 aliphatic rings. The Labute approximate surface area is 115 Å². The number of nitrogens with zero attached hydrogens (tertiary/aromatic N) is 2. The number of nitrogens with one attached hydrogen (secondary N) is 2. The lowest BCUT2D eigenvalue weighted by Crippen LogP contribution is -2.44. The van der Waals surface area contributed by atoms with Crippen LogP contribution in [0.4, 0.5) is 10.5 Å². The third-order valence-corrected chi connectivity index (χ3v) is 2.60. The Kier molecular flexibility index (Phi) is 6.29. The number of rotatable bonds is 6. The molecule has 106 valence electrons. The molecule has 1 aromatic heterocycles. The van der Waals surface area contributed by atoms with E-state index < -0.39 is 0 Å². The highest BCUT2D eigenvalue weighted by atomic mass is 16.2. The number of hydrogen-bond donors (Lipinski definition) is 2. The summed E-state index contributed by atoms with van der Waals surface area (Å²) in [5.74, 6) is 0.545. The SMILES string of the molecule is CC(C)CC(CN(C)C)NC(=O)Nc1cccnc1. The number of likely N-dealkylation sites (N-methyl/N-ethyl adjacent to an activating group) is 1. The zero-order valence-corrected chi connectivity index (χ0v) is 12.2. The summed E-state index contributed by atoms with van der Waals surface area (Å²) >= 11 is 0. The summed E-state index contributed by atoms with van der Waals surface area (Å²) in [5.41, 5.74) is 0.702. The van der Waals surface area contributed by atoms with Crippen molar-refractivity contribution >= 4 is 11.7 Å². The number of aromatic nitrogens is 1. The summed E-state index contributed by atoms with van der Waals surface area (Å²) in [6, 6.07) is 3.57. The second kappa shape index (κ2) is 7.74. The Balaban J connectivity index is 2.50. The average Bonchev–Trinajstić information content (AvgIpc) is 2.27. The van der Waals surface area contributed by atoms with E-state index in [0.29, 0.717) is 11.6 Å². The Morgan fingerprint density at radius 3 is 2.68 bits per heavy atom. The number of anilines is 1. The maximum atomic E-state index is 11.9. The maximum Gasteiger partial charge on any atom is 0.319 e. The van der Waals surface area contributed by atoms with Gasteiger partial charge < -0.3 is 15.5 Å². The van der Waals surface area contributed by atoms with Crippen LogP contribution >= 0.6 is 0 Å². The molecule has 19 heavy (non-hydrogen) atoms. The standard InChI is InChI=1S/C14H24N4O/c1-11(2)8-13(10-18(3)4)17-14(19)16-12-6-5-7-15-9-12/h5-7,9,11,13H,8,10H2,1-4H3,(H2,16,17,19). The van der Waals surface area contributed by atoms with Crippen LogP contribution in [0.15, 0.2) is 24.5 Å². The van der Waals surface area contributed by atoms with E-state index in [4.69, 9.17) is 0 Å². The highest BCUT2D eigenvalue weighted by Crippen LogP contribution is 2.07. The molecule has 1 unspecified atom stereocenters. The van der Waals surface area contributed by atoms with Crippen LogP contribution in [-0.4, -0.2) is 42.6 Å². The molecule has 0 aliphatic carbocycles. The normalized spacial score (nSPS) is 12.5. The molecule has 2 N–H and O–H groups in total. The van der Waals surface area contributed by atoms with Crippen molar-refractivity contribution in [2.45, 2.75) is 26.3 Å². The lowest BCUT2D eigenvalue weighted by molar-refractivity contribution is 0.240. The van der Waals surface area contributed by atoms with Crippen LogP contribution < -0.4 is 10.6 Å². The average molecular weight is 264 g/mol. The van der Waals surface area contributed by atoms with Gasteiger partial charge >= 0.3 is 6.03 Å². The van der Waals surface area contributed by atoms with Crippen LogP contribution in [-0.2, 0) is 0 Å². The molecular formula is C14H24N4O. The van der Waals surface area contributed by atoms with Gasteiger partial charge in [0.2, 0.25) is 0 Å². The van der Waals surface area contributed by atoms with Gasteiger partial charge in [-0.2, -0.15) is 0 Å². The predicted molar refractivity (Wildman–Crippen MR) is 78.2 cm³/mol. The monoisotopic (exact) mass is 264 g/mol. The van der Waals surface area contributed by atoms with Crippen LogP contribution in [0.2, 0.25) is 0 Å². The fraction of sp³-hybridized carbons (Fsp3) is 0.571.